The fraction of sp³-hybridized carbons (Fsp3) is 0.200. The predicted octanol–water partition coefficient (Wildman–Crippen LogP) is 4.99. The van der Waals surface area contributed by atoms with Gasteiger partial charge in [-0.15, -0.1) is 11.6 Å². The highest BCUT2D eigenvalue weighted by Gasteiger charge is 2.14. The van der Waals surface area contributed by atoms with Crippen LogP contribution >= 0.6 is 23.2 Å². The summed E-state index contributed by atoms with van der Waals surface area (Å²) in [5.74, 6) is 0.733. The van der Waals surface area contributed by atoms with Gasteiger partial charge in [0.25, 0.3) is 0 Å². The van der Waals surface area contributed by atoms with Crippen LogP contribution < -0.4 is 4.74 Å². The third-order valence-corrected chi connectivity index (χ3v) is 3.63. The SMILES string of the molecule is COc1ccc(C(Cl)c2cccc(C)c2)c(Cl)c1. The molecule has 1 unspecified atom stereocenters. The summed E-state index contributed by atoms with van der Waals surface area (Å²) in [5, 5.41) is 0.374. The first-order valence-corrected chi connectivity index (χ1v) is 6.47. The van der Waals surface area contributed by atoms with Crippen molar-refractivity contribution in [2.24, 2.45) is 0 Å². The Morgan fingerprint density at radius 3 is 2.50 bits per heavy atom. The van der Waals surface area contributed by atoms with Crippen molar-refractivity contribution in [2.45, 2.75) is 12.3 Å². The summed E-state index contributed by atoms with van der Waals surface area (Å²) in [5.41, 5.74) is 3.12. The number of rotatable bonds is 3. The van der Waals surface area contributed by atoms with E-state index in [9.17, 15) is 0 Å². The number of methoxy groups -OCH3 is 1. The molecular formula is C15H14Cl2O. The van der Waals surface area contributed by atoms with Gasteiger partial charge in [0, 0.05) is 5.02 Å². The second-order valence-electron chi connectivity index (χ2n) is 4.16. The van der Waals surface area contributed by atoms with Crippen LogP contribution in [0.4, 0.5) is 0 Å². The van der Waals surface area contributed by atoms with Crippen LogP contribution in [-0.2, 0) is 0 Å². The second kappa shape index (κ2) is 5.64. The Morgan fingerprint density at radius 2 is 1.89 bits per heavy atom. The number of hydrogen-bond donors (Lipinski definition) is 0. The van der Waals surface area contributed by atoms with Crippen LogP contribution in [0.2, 0.25) is 5.02 Å². The maximum atomic E-state index is 6.48. The zero-order chi connectivity index (χ0) is 13.1. The Labute approximate surface area is 117 Å². The normalized spacial score (nSPS) is 12.2. The smallest absolute Gasteiger partial charge is 0.120 e. The van der Waals surface area contributed by atoms with Crippen LogP contribution in [0.1, 0.15) is 22.1 Å². The Balaban J connectivity index is 2.37. The highest BCUT2D eigenvalue weighted by Crippen LogP contribution is 2.35. The lowest BCUT2D eigenvalue weighted by Gasteiger charge is -2.13. The van der Waals surface area contributed by atoms with E-state index in [0.717, 1.165) is 16.9 Å². The van der Waals surface area contributed by atoms with Crippen molar-refractivity contribution in [3.05, 3.63) is 64.2 Å². The average Bonchev–Trinajstić information content (AvgIpc) is 2.37. The summed E-state index contributed by atoms with van der Waals surface area (Å²) >= 11 is 12.7. The van der Waals surface area contributed by atoms with Gasteiger partial charge in [0.05, 0.1) is 12.5 Å². The second-order valence-corrected chi connectivity index (χ2v) is 5.01. The van der Waals surface area contributed by atoms with Gasteiger partial charge in [-0.1, -0.05) is 47.5 Å². The molecule has 0 N–H and O–H groups in total. The molecule has 2 rings (SSSR count). The molecule has 0 aliphatic heterocycles. The molecule has 3 heteroatoms. The van der Waals surface area contributed by atoms with E-state index in [1.165, 1.54) is 5.56 Å². The fourth-order valence-electron chi connectivity index (χ4n) is 1.85. The van der Waals surface area contributed by atoms with Crippen molar-refractivity contribution in [1.29, 1.82) is 0 Å². The van der Waals surface area contributed by atoms with E-state index in [1.54, 1.807) is 13.2 Å². The van der Waals surface area contributed by atoms with Gasteiger partial charge >= 0.3 is 0 Å². The van der Waals surface area contributed by atoms with E-state index >= 15 is 0 Å². The van der Waals surface area contributed by atoms with Gasteiger partial charge in [-0.25, -0.2) is 0 Å². The quantitative estimate of drug-likeness (QED) is 0.720. The molecule has 1 atom stereocenters. The molecule has 0 aliphatic rings. The van der Waals surface area contributed by atoms with Gasteiger partial charge in [0.15, 0.2) is 0 Å². The molecule has 0 aromatic heterocycles. The molecule has 0 fully saturated rings. The largest absolute Gasteiger partial charge is 0.497 e. The molecule has 1 nitrogen and oxygen atoms in total. The Bertz CT molecular complexity index is 552. The molecule has 0 saturated heterocycles. The van der Waals surface area contributed by atoms with Crippen molar-refractivity contribution in [3.63, 3.8) is 0 Å². The predicted molar refractivity (Wildman–Crippen MR) is 76.9 cm³/mol. The molecule has 94 valence electrons. The summed E-state index contributed by atoms with van der Waals surface area (Å²) in [6.07, 6.45) is 0. The minimum atomic E-state index is -0.247. The molecule has 2 aromatic rings. The molecule has 0 radical (unpaired) electrons. The maximum absolute atomic E-state index is 6.48. The highest BCUT2D eigenvalue weighted by atomic mass is 35.5. The summed E-state index contributed by atoms with van der Waals surface area (Å²) in [7, 11) is 1.62. The van der Waals surface area contributed by atoms with Crippen LogP contribution in [0, 0.1) is 6.92 Å². The van der Waals surface area contributed by atoms with Gasteiger partial charge < -0.3 is 4.74 Å². The molecular weight excluding hydrogens is 267 g/mol. The minimum Gasteiger partial charge on any atom is -0.497 e. The number of ether oxygens (including phenoxy) is 1. The Hall–Kier alpha value is -1.18. The Kier molecular flexibility index (Phi) is 4.15. The first-order chi connectivity index (χ1) is 8.61. The van der Waals surface area contributed by atoms with Crippen LogP contribution in [0.3, 0.4) is 0 Å². The monoisotopic (exact) mass is 280 g/mol. The average molecular weight is 281 g/mol. The van der Waals surface area contributed by atoms with Crippen LogP contribution in [0.5, 0.6) is 5.75 Å². The fourth-order valence-corrected chi connectivity index (χ4v) is 2.51. The first kappa shape index (κ1) is 13.3. The van der Waals surface area contributed by atoms with E-state index in [4.69, 9.17) is 27.9 Å². The number of alkyl halides is 1. The van der Waals surface area contributed by atoms with Gasteiger partial charge in [-0.05, 0) is 30.2 Å². The molecule has 0 aliphatic carbocycles. The van der Waals surface area contributed by atoms with Crippen LogP contribution in [0.25, 0.3) is 0 Å². The van der Waals surface area contributed by atoms with Crippen LogP contribution in [-0.4, -0.2) is 7.11 Å². The lowest BCUT2D eigenvalue weighted by Crippen LogP contribution is -1.95. The van der Waals surface area contributed by atoms with Crippen molar-refractivity contribution >= 4 is 23.2 Å². The van der Waals surface area contributed by atoms with Crippen molar-refractivity contribution < 1.29 is 4.74 Å². The van der Waals surface area contributed by atoms with E-state index in [2.05, 4.69) is 6.07 Å². The van der Waals surface area contributed by atoms with Gasteiger partial charge in [0.2, 0.25) is 0 Å². The molecule has 0 heterocycles. The van der Waals surface area contributed by atoms with Crippen molar-refractivity contribution in [2.75, 3.05) is 7.11 Å². The number of aryl methyl sites for hydroxylation is 1. The maximum Gasteiger partial charge on any atom is 0.120 e. The molecule has 18 heavy (non-hydrogen) atoms. The van der Waals surface area contributed by atoms with Gasteiger partial charge in [-0.3, -0.25) is 0 Å². The zero-order valence-corrected chi connectivity index (χ0v) is 11.8. The standard InChI is InChI=1S/C15H14Cl2O/c1-10-4-3-5-11(8-10)15(17)13-7-6-12(18-2)9-14(13)16/h3-9,15H,1-2H3. The van der Waals surface area contributed by atoms with E-state index < -0.39 is 0 Å². The zero-order valence-electron chi connectivity index (χ0n) is 10.3. The molecule has 2 aromatic carbocycles. The van der Waals surface area contributed by atoms with Crippen molar-refractivity contribution in [1.82, 2.24) is 0 Å². The first-order valence-electron chi connectivity index (χ1n) is 5.66. The third-order valence-electron chi connectivity index (χ3n) is 2.82. The summed E-state index contributed by atoms with van der Waals surface area (Å²) < 4.78 is 5.13. The molecule has 0 bridgehead atoms. The molecule has 0 spiro atoms. The number of benzene rings is 2. The number of halogens is 2. The summed E-state index contributed by atoms with van der Waals surface area (Å²) in [6.45, 7) is 2.04. The van der Waals surface area contributed by atoms with Crippen LogP contribution in [0.15, 0.2) is 42.5 Å². The van der Waals surface area contributed by atoms with E-state index in [0.29, 0.717) is 5.02 Å². The topological polar surface area (TPSA) is 9.23 Å². The van der Waals surface area contributed by atoms with E-state index in [-0.39, 0.29) is 5.38 Å². The number of hydrogen-bond acceptors (Lipinski definition) is 1. The van der Waals surface area contributed by atoms with E-state index in [1.807, 2.05) is 37.3 Å². The summed E-state index contributed by atoms with van der Waals surface area (Å²) in [4.78, 5) is 0. The Morgan fingerprint density at radius 1 is 1.11 bits per heavy atom. The lowest BCUT2D eigenvalue weighted by atomic mass is 10.0. The highest BCUT2D eigenvalue weighted by molar-refractivity contribution is 6.33. The molecule has 0 amide bonds. The summed E-state index contributed by atoms with van der Waals surface area (Å²) in [6, 6.07) is 13.7. The minimum absolute atomic E-state index is 0.247. The van der Waals surface area contributed by atoms with Gasteiger partial charge in [-0.2, -0.15) is 0 Å². The van der Waals surface area contributed by atoms with Gasteiger partial charge in [0.1, 0.15) is 5.75 Å². The third kappa shape index (κ3) is 2.80. The molecule has 0 saturated carbocycles. The lowest BCUT2D eigenvalue weighted by molar-refractivity contribution is 0.414. The van der Waals surface area contributed by atoms with Crippen molar-refractivity contribution in [3.8, 4) is 5.75 Å².